The van der Waals surface area contributed by atoms with E-state index >= 15 is 0 Å². The van der Waals surface area contributed by atoms with Crippen molar-refractivity contribution in [2.75, 3.05) is 5.32 Å². The second-order valence-electron chi connectivity index (χ2n) is 5.43. The smallest absolute Gasteiger partial charge is 0.164 e. The summed E-state index contributed by atoms with van der Waals surface area (Å²) in [7, 11) is 0. The zero-order valence-electron chi connectivity index (χ0n) is 13.2. The normalized spacial score (nSPS) is 10.6. The molecule has 5 nitrogen and oxygen atoms in total. The molecule has 0 spiro atoms. The van der Waals surface area contributed by atoms with Gasteiger partial charge in [0.2, 0.25) is 0 Å². The zero-order chi connectivity index (χ0) is 16.9. The summed E-state index contributed by atoms with van der Waals surface area (Å²) in [5.74, 6) is -0.810. The molecule has 6 heteroatoms. The number of hydrogen-bond acceptors (Lipinski definition) is 4. The van der Waals surface area contributed by atoms with E-state index in [2.05, 4.69) is 15.4 Å². The molecule has 0 amide bonds. The Labute approximate surface area is 139 Å². The molecular formula is C18H17FN4O. The van der Waals surface area contributed by atoms with Gasteiger partial charge < -0.3 is 5.32 Å². The van der Waals surface area contributed by atoms with Gasteiger partial charge in [-0.15, -0.1) is 0 Å². The minimum Gasteiger partial charge on any atom is -0.380 e. The number of halogens is 1. The number of Topliss-reactive ketones (excluding diaryl/α,β-unsaturated/α-hetero) is 1. The monoisotopic (exact) mass is 324 g/mol. The van der Waals surface area contributed by atoms with Crippen LogP contribution in [0.4, 0.5) is 10.1 Å². The molecule has 2 aromatic carbocycles. The zero-order valence-corrected chi connectivity index (χ0v) is 13.2. The average Bonchev–Trinajstić information content (AvgIpc) is 3.06. The molecule has 3 aromatic rings. The highest BCUT2D eigenvalue weighted by atomic mass is 19.1. The molecule has 1 N–H and O–H groups in total. The van der Waals surface area contributed by atoms with Crippen LogP contribution in [0.15, 0.2) is 55.1 Å². The van der Waals surface area contributed by atoms with Crippen LogP contribution >= 0.6 is 0 Å². The van der Waals surface area contributed by atoms with Gasteiger partial charge in [0.1, 0.15) is 18.5 Å². The van der Waals surface area contributed by atoms with E-state index in [9.17, 15) is 9.18 Å². The van der Waals surface area contributed by atoms with E-state index in [0.29, 0.717) is 18.8 Å². The average molecular weight is 324 g/mol. The van der Waals surface area contributed by atoms with Crippen LogP contribution < -0.4 is 5.32 Å². The Morgan fingerprint density at radius 1 is 1.17 bits per heavy atom. The van der Waals surface area contributed by atoms with Gasteiger partial charge in [0, 0.05) is 12.2 Å². The number of nitrogens with zero attached hydrogens (tertiary/aromatic N) is 3. The Hall–Kier alpha value is -3.02. The van der Waals surface area contributed by atoms with E-state index in [0.717, 1.165) is 11.1 Å². The predicted octanol–water partition coefficient (Wildman–Crippen LogP) is 3.28. The molecule has 1 heterocycles. The molecule has 0 aliphatic carbocycles. The quantitative estimate of drug-likeness (QED) is 0.707. The van der Waals surface area contributed by atoms with Crippen LogP contribution in [0, 0.1) is 5.82 Å². The minimum atomic E-state index is -0.511. The van der Waals surface area contributed by atoms with Crippen molar-refractivity contribution in [2.45, 2.75) is 20.0 Å². The van der Waals surface area contributed by atoms with Crippen molar-refractivity contribution in [2.24, 2.45) is 0 Å². The number of aromatic nitrogens is 3. The molecule has 0 radical (unpaired) electrons. The largest absolute Gasteiger partial charge is 0.380 e. The van der Waals surface area contributed by atoms with Gasteiger partial charge in [0.15, 0.2) is 5.78 Å². The highest BCUT2D eigenvalue weighted by Crippen LogP contribution is 2.21. The van der Waals surface area contributed by atoms with Gasteiger partial charge in [-0.1, -0.05) is 30.3 Å². The Kier molecular flexibility index (Phi) is 4.65. The van der Waals surface area contributed by atoms with Crippen LogP contribution in [0.5, 0.6) is 0 Å². The van der Waals surface area contributed by atoms with E-state index < -0.39 is 5.82 Å². The molecule has 1 aromatic heterocycles. The molecule has 0 aliphatic rings. The maximum absolute atomic E-state index is 13.9. The first-order chi connectivity index (χ1) is 11.6. The van der Waals surface area contributed by atoms with Gasteiger partial charge >= 0.3 is 0 Å². The number of anilines is 1. The molecule has 0 fully saturated rings. The van der Waals surface area contributed by atoms with E-state index in [-0.39, 0.29) is 11.3 Å². The first-order valence-electron chi connectivity index (χ1n) is 7.57. The first-order valence-corrected chi connectivity index (χ1v) is 7.57. The maximum Gasteiger partial charge on any atom is 0.164 e. The van der Waals surface area contributed by atoms with E-state index in [1.807, 2.05) is 24.3 Å². The number of carbonyl (C=O) groups is 1. The van der Waals surface area contributed by atoms with Crippen LogP contribution in [-0.2, 0) is 13.1 Å². The summed E-state index contributed by atoms with van der Waals surface area (Å²) >= 11 is 0. The fourth-order valence-corrected chi connectivity index (χ4v) is 2.59. The van der Waals surface area contributed by atoms with E-state index in [1.54, 1.807) is 23.1 Å². The summed E-state index contributed by atoms with van der Waals surface area (Å²) in [5.41, 5.74) is 2.72. The number of ketones is 1. The van der Waals surface area contributed by atoms with Crippen LogP contribution in [0.1, 0.15) is 28.4 Å². The van der Waals surface area contributed by atoms with Gasteiger partial charge in [0.25, 0.3) is 0 Å². The van der Waals surface area contributed by atoms with Gasteiger partial charge in [-0.3, -0.25) is 4.79 Å². The lowest BCUT2D eigenvalue weighted by atomic mass is 10.1. The number of benzene rings is 2. The fourth-order valence-electron chi connectivity index (χ4n) is 2.59. The van der Waals surface area contributed by atoms with Crippen molar-refractivity contribution in [3.05, 3.63) is 77.6 Å². The number of rotatable bonds is 6. The third-order valence-corrected chi connectivity index (χ3v) is 3.75. The Bertz CT molecular complexity index is 846. The first kappa shape index (κ1) is 15.9. The predicted molar refractivity (Wildman–Crippen MR) is 89.3 cm³/mol. The molecule has 0 unspecified atom stereocenters. The van der Waals surface area contributed by atoms with Crippen LogP contribution in [0.2, 0.25) is 0 Å². The number of hydrogen-bond donors (Lipinski definition) is 1. The Morgan fingerprint density at radius 3 is 2.67 bits per heavy atom. The SMILES string of the molecule is CC(=O)c1c(F)cccc1NCc1ccccc1Cn1cncn1. The summed E-state index contributed by atoms with van der Waals surface area (Å²) in [6.07, 6.45) is 3.15. The second kappa shape index (κ2) is 7.04. The third-order valence-electron chi connectivity index (χ3n) is 3.75. The van der Waals surface area contributed by atoms with Crippen molar-refractivity contribution in [1.82, 2.24) is 14.8 Å². The van der Waals surface area contributed by atoms with Gasteiger partial charge in [-0.25, -0.2) is 14.1 Å². The Morgan fingerprint density at radius 2 is 1.96 bits per heavy atom. The summed E-state index contributed by atoms with van der Waals surface area (Å²) < 4.78 is 15.6. The maximum atomic E-state index is 13.9. The van der Waals surface area contributed by atoms with Gasteiger partial charge in [-0.05, 0) is 30.2 Å². The highest BCUT2D eigenvalue weighted by Gasteiger charge is 2.13. The summed E-state index contributed by atoms with van der Waals surface area (Å²) in [5, 5.41) is 7.28. The fraction of sp³-hybridized carbons (Fsp3) is 0.167. The highest BCUT2D eigenvalue weighted by molar-refractivity contribution is 5.99. The standard InChI is InChI=1S/C18H17FN4O/c1-13(24)18-16(19)7-4-8-17(18)21-9-14-5-2-3-6-15(14)10-23-12-20-11-22-23/h2-8,11-12,21H,9-10H2,1H3. The van der Waals surface area contributed by atoms with E-state index in [1.165, 1.54) is 19.3 Å². The summed E-state index contributed by atoms with van der Waals surface area (Å²) in [6.45, 7) is 2.44. The lowest BCUT2D eigenvalue weighted by Crippen LogP contribution is -2.10. The lowest BCUT2D eigenvalue weighted by Gasteiger charge is -2.14. The van der Waals surface area contributed by atoms with Crippen molar-refractivity contribution in [1.29, 1.82) is 0 Å². The minimum absolute atomic E-state index is 0.0891. The Balaban J connectivity index is 1.81. The molecule has 24 heavy (non-hydrogen) atoms. The molecule has 0 saturated heterocycles. The van der Waals surface area contributed by atoms with Crippen LogP contribution in [0.3, 0.4) is 0 Å². The van der Waals surface area contributed by atoms with Crippen molar-refractivity contribution < 1.29 is 9.18 Å². The van der Waals surface area contributed by atoms with Crippen molar-refractivity contribution in [3.63, 3.8) is 0 Å². The van der Waals surface area contributed by atoms with E-state index in [4.69, 9.17) is 0 Å². The summed E-state index contributed by atoms with van der Waals surface area (Å²) in [4.78, 5) is 15.6. The molecule has 0 bridgehead atoms. The van der Waals surface area contributed by atoms with Crippen LogP contribution in [0.25, 0.3) is 0 Å². The lowest BCUT2D eigenvalue weighted by molar-refractivity contribution is 0.101. The van der Waals surface area contributed by atoms with Gasteiger partial charge in [-0.2, -0.15) is 5.10 Å². The molecule has 0 atom stereocenters. The van der Waals surface area contributed by atoms with Crippen molar-refractivity contribution in [3.8, 4) is 0 Å². The number of nitrogens with one attached hydrogen (secondary N) is 1. The molecular weight excluding hydrogens is 307 g/mol. The topological polar surface area (TPSA) is 59.8 Å². The summed E-state index contributed by atoms with van der Waals surface area (Å²) in [6, 6.07) is 12.5. The molecule has 0 saturated carbocycles. The van der Waals surface area contributed by atoms with Crippen molar-refractivity contribution >= 4 is 11.5 Å². The second-order valence-corrected chi connectivity index (χ2v) is 5.43. The molecule has 0 aliphatic heterocycles. The molecule has 3 rings (SSSR count). The van der Waals surface area contributed by atoms with Gasteiger partial charge in [0.05, 0.1) is 12.1 Å². The molecule has 122 valence electrons. The van der Waals surface area contributed by atoms with Crippen LogP contribution in [-0.4, -0.2) is 20.5 Å². The third kappa shape index (κ3) is 3.48. The number of carbonyl (C=O) groups excluding carboxylic acids is 1.